The van der Waals surface area contributed by atoms with Crippen LogP contribution >= 0.6 is 0 Å². The molecule has 1 heterocycles. The average Bonchev–Trinajstić information content (AvgIpc) is 2.75. The first-order valence-corrected chi connectivity index (χ1v) is 8.76. The fourth-order valence-electron chi connectivity index (χ4n) is 2.50. The molecule has 0 fully saturated rings. The van der Waals surface area contributed by atoms with Crippen molar-refractivity contribution >= 4 is 23.6 Å². The van der Waals surface area contributed by atoms with Crippen molar-refractivity contribution in [2.45, 2.75) is 6.10 Å². The Bertz CT molecular complexity index is 925. The molecule has 0 unspecified atom stereocenters. The number of nitrogens with one attached hydrogen (secondary N) is 1. The number of hydrogen-bond donors (Lipinski definition) is 1. The van der Waals surface area contributed by atoms with Gasteiger partial charge in [0.15, 0.2) is 18.1 Å². The fraction of sp³-hybridized carbons (Fsp3) is 0.200. The van der Waals surface area contributed by atoms with Gasteiger partial charge in [0.05, 0.1) is 11.5 Å². The molecule has 2 aromatic rings. The Labute approximate surface area is 166 Å². The molecule has 1 aliphatic heterocycles. The molecule has 9 heteroatoms. The molecule has 0 aliphatic carbocycles. The van der Waals surface area contributed by atoms with Crippen molar-refractivity contribution in [1.29, 1.82) is 0 Å². The number of nitrogens with zero attached hydrogens (tertiary/aromatic N) is 1. The third kappa shape index (κ3) is 5.80. The van der Waals surface area contributed by atoms with Crippen molar-refractivity contribution in [1.82, 2.24) is 5.32 Å². The molecule has 0 aromatic heterocycles. The van der Waals surface area contributed by atoms with E-state index < -0.39 is 23.4 Å². The van der Waals surface area contributed by atoms with E-state index in [9.17, 15) is 19.7 Å². The van der Waals surface area contributed by atoms with Crippen LogP contribution in [0.2, 0.25) is 0 Å². The summed E-state index contributed by atoms with van der Waals surface area (Å²) in [4.78, 5) is 33.6. The second kappa shape index (κ2) is 9.36. The van der Waals surface area contributed by atoms with Gasteiger partial charge in [0.25, 0.3) is 11.6 Å². The number of non-ortho nitro benzene ring substituents is 1. The SMILES string of the molecule is O=C(COC(=O)/C=C/c1ccc([N+](=O)[O-])cc1)NC[C@@H]1COc2ccccc2O1. The van der Waals surface area contributed by atoms with Gasteiger partial charge in [-0.25, -0.2) is 4.79 Å². The maximum atomic E-state index is 11.8. The summed E-state index contributed by atoms with van der Waals surface area (Å²) >= 11 is 0. The topological polar surface area (TPSA) is 117 Å². The van der Waals surface area contributed by atoms with Gasteiger partial charge in [-0.15, -0.1) is 0 Å². The van der Waals surface area contributed by atoms with Crippen molar-refractivity contribution in [3.8, 4) is 11.5 Å². The molecule has 150 valence electrons. The zero-order valence-corrected chi connectivity index (χ0v) is 15.3. The summed E-state index contributed by atoms with van der Waals surface area (Å²) in [6.45, 7) is 0.0754. The van der Waals surface area contributed by atoms with E-state index in [1.165, 1.54) is 30.3 Å². The Morgan fingerprint density at radius 2 is 1.90 bits per heavy atom. The van der Waals surface area contributed by atoms with Gasteiger partial charge in [-0.3, -0.25) is 14.9 Å². The zero-order chi connectivity index (χ0) is 20.6. The van der Waals surface area contributed by atoms with Crippen LogP contribution in [0.25, 0.3) is 6.08 Å². The minimum absolute atomic E-state index is 0.0442. The second-order valence-electron chi connectivity index (χ2n) is 6.09. The molecular weight excluding hydrogens is 380 g/mol. The lowest BCUT2D eigenvalue weighted by Crippen LogP contribution is -2.42. The third-order valence-electron chi connectivity index (χ3n) is 3.96. The van der Waals surface area contributed by atoms with Crippen molar-refractivity contribution in [2.75, 3.05) is 19.8 Å². The van der Waals surface area contributed by atoms with Crippen LogP contribution in [0.15, 0.2) is 54.6 Å². The predicted octanol–water partition coefficient (Wildman–Crippen LogP) is 2.11. The smallest absolute Gasteiger partial charge is 0.331 e. The maximum absolute atomic E-state index is 11.8. The van der Waals surface area contributed by atoms with E-state index in [2.05, 4.69) is 5.32 Å². The van der Waals surface area contributed by atoms with Crippen LogP contribution in [0.4, 0.5) is 5.69 Å². The Hall–Kier alpha value is -3.88. The van der Waals surface area contributed by atoms with Crippen LogP contribution < -0.4 is 14.8 Å². The molecule has 2 aromatic carbocycles. The molecular formula is C20H18N2O7. The molecule has 9 nitrogen and oxygen atoms in total. The van der Waals surface area contributed by atoms with Crippen LogP contribution in [-0.4, -0.2) is 42.7 Å². The number of amides is 1. The summed E-state index contributed by atoms with van der Waals surface area (Å²) in [5.41, 5.74) is 0.545. The number of esters is 1. The average molecular weight is 398 g/mol. The lowest BCUT2D eigenvalue weighted by molar-refractivity contribution is -0.384. The standard InChI is InChI=1S/C20H18N2O7/c23-19(21-11-16-12-27-17-3-1-2-4-18(17)29-16)13-28-20(24)10-7-14-5-8-15(9-6-14)22(25)26/h1-10,16H,11-13H2,(H,21,23)/b10-7+/t16-/m1/s1. The largest absolute Gasteiger partial charge is 0.486 e. The summed E-state index contributed by atoms with van der Waals surface area (Å²) in [7, 11) is 0. The first-order chi connectivity index (χ1) is 14.0. The number of ether oxygens (including phenoxy) is 3. The van der Waals surface area contributed by atoms with Gasteiger partial charge in [-0.05, 0) is 35.9 Å². The number of hydrogen-bond acceptors (Lipinski definition) is 7. The number of fused-ring (bicyclic) bond motifs is 1. The normalized spacial score (nSPS) is 15.0. The minimum atomic E-state index is -0.704. The molecule has 0 spiro atoms. The van der Waals surface area contributed by atoms with Crippen LogP contribution in [0.3, 0.4) is 0 Å². The first kappa shape index (κ1) is 19.9. The minimum Gasteiger partial charge on any atom is -0.486 e. The molecule has 0 bridgehead atoms. The first-order valence-electron chi connectivity index (χ1n) is 8.76. The number of carbonyl (C=O) groups excluding carboxylic acids is 2. The summed E-state index contributed by atoms with van der Waals surface area (Å²) in [5, 5.41) is 13.2. The highest BCUT2D eigenvalue weighted by Crippen LogP contribution is 2.30. The van der Waals surface area contributed by atoms with Gasteiger partial charge in [-0.1, -0.05) is 12.1 Å². The fourth-order valence-corrected chi connectivity index (χ4v) is 2.50. The van der Waals surface area contributed by atoms with Crippen molar-refractivity contribution < 1.29 is 28.7 Å². The molecule has 29 heavy (non-hydrogen) atoms. The Balaban J connectivity index is 1.38. The number of nitro benzene ring substituents is 1. The van der Waals surface area contributed by atoms with E-state index in [-0.39, 0.29) is 18.3 Å². The molecule has 1 amide bonds. The molecule has 0 saturated heterocycles. The maximum Gasteiger partial charge on any atom is 0.331 e. The molecule has 0 saturated carbocycles. The van der Waals surface area contributed by atoms with Crippen LogP contribution in [-0.2, 0) is 14.3 Å². The highest BCUT2D eigenvalue weighted by molar-refractivity contribution is 5.89. The van der Waals surface area contributed by atoms with Gasteiger partial charge >= 0.3 is 5.97 Å². The lowest BCUT2D eigenvalue weighted by Gasteiger charge is -2.26. The second-order valence-corrected chi connectivity index (χ2v) is 6.09. The summed E-state index contributed by atoms with van der Waals surface area (Å²) in [6.07, 6.45) is 2.24. The Morgan fingerprint density at radius 1 is 1.17 bits per heavy atom. The summed E-state index contributed by atoms with van der Waals surface area (Å²) in [5.74, 6) is 0.0962. The lowest BCUT2D eigenvalue weighted by atomic mass is 10.2. The van der Waals surface area contributed by atoms with Gasteiger partial charge in [0.1, 0.15) is 12.7 Å². The van der Waals surface area contributed by atoms with Crippen LogP contribution in [0, 0.1) is 10.1 Å². The van der Waals surface area contributed by atoms with Gasteiger partial charge in [0, 0.05) is 18.2 Å². The highest BCUT2D eigenvalue weighted by atomic mass is 16.6. The highest BCUT2D eigenvalue weighted by Gasteiger charge is 2.21. The number of nitro groups is 1. The molecule has 1 aliphatic rings. The van der Waals surface area contributed by atoms with Gasteiger partial charge in [-0.2, -0.15) is 0 Å². The Kier molecular flexibility index (Phi) is 6.41. The van der Waals surface area contributed by atoms with Crippen molar-refractivity contribution in [3.63, 3.8) is 0 Å². The van der Waals surface area contributed by atoms with E-state index in [4.69, 9.17) is 14.2 Å². The van der Waals surface area contributed by atoms with E-state index in [0.717, 1.165) is 6.08 Å². The summed E-state index contributed by atoms with van der Waals surface area (Å²) < 4.78 is 16.1. The van der Waals surface area contributed by atoms with E-state index >= 15 is 0 Å². The van der Waals surface area contributed by atoms with Crippen LogP contribution in [0.5, 0.6) is 11.5 Å². The van der Waals surface area contributed by atoms with E-state index in [1.807, 2.05) is 12.1 Å². The van der Waals surface area contributed by atoms with E-state index in [0.29, 0.717) is 23.7 Å². The monoisotopic (exact) mass is 398 g/mol. The Morgan fingerprint density at radius 3 is 2.62 bits per heavy atom. The van der Waals surface area contributed by atoms with Crippen molar-refractivity contribution in [2.24, 2.45) is 0 Å². The quantitative estimate of drug-likeness (QED) is 0.328. The number of para-hydroxylation sites is 2. The van der Waals surface area contributed by atoms with Crippen LogP contribution in [0.1, 0.15) is 5.56 Å². The van der Waals surface area contributed by atoms with Crippen molar-refractivity contribution in [3.05, 3.63) is 70.3 Å². The zero-order valence-electron chi connectivity index (χ0n) is 15.3. The predicted molar refractivity (Wildman–Crippen MR) is 102 cm³/mol. The third-order valence-corrected chi connectivity index (χ3v) is 3.96. The van der Waals surface area contributed by atoms with Gasteiger partial charge < -0.3 is 19.5 Å². The molecule has 1 atom stereocenters. The molecule has 3 rings (SSSR count). The van der Waals surface area contributed by atoms with Gasteiger partial charge in [0.2, 0.25) is 0 Å². The number of benzene rings is 2. The molecule has 0 radical (unpaired) electrons. The number of rotatable bonds is 7. The molecule has 1 N–H and O–H groups in total. The number of carbonyl (C=O) groups is 2. The summed E-state index contributed by atoms with van der Waals surface area (Å²) in [6, 6.07) is 12.9. The van der Waals surface area contributed by atoms with E-state index in [1.54, 1.807) is 12.1 Å².